The number of fused-ring (bicyclic) bond motifs is 1. The van der Waals surface area contributed by atoms with Crippen molar-refractivity contribution >= 4 is 5.97 Å². The summed E-state index contributed by atoms with van der Waals surface area (Å²) in [6.07, 6.45) is 1.98. The van der Waals surface area contributed by atoms with Gasteiger partial charge in [-0.25, -0.2) is 0 Å². The lowest BCUT2D eigenvalue weighted by Crippen LogP contribution is -2.23. The van der Waals surface area contributed by atoms with Crippen LogP contribution < -0.4 is 5.73 Å². The summed E-state index contributed by atoms with van der Waals surface area (Å²) in [5.41, 5.74) is 5.80. The second-order valence-corrected chi connectivity index (χ2v) is 3.59. The predicted octanol–water partition coefficient (Wildman–Crippen LogP) is 0.143. The van der Waals surface area contributed by atoms with Gasteiger partial charge in [0, 0.05) is 6.04 Å². The van der Waals surface area contributed by atoms with Crippen molar-refractivity contribution in [1.82, 2.24) is 0 Å². The van der Waals surface area contributed by atoms with Gasteiger partial charge in [0.1, 0.15) is 0 Å². The summed E-state index contributed by atoms with van der Waals surface area (Å²) in [5, 5.41) is 0. The van der Waals surface area contributed by atoms with Crippen molar-refractivity contribution in [2.75, 3.05) is 7.11 Å². The van der Waals surface area contributed by atoms with Gasteiger partial charge in [0.25, 0.3) is 0 Å². The molecule has 0 heterocycles. The minimum atomic E-state index is -0.0644. The normalized spacial score (nSPS) is 46.7. The van der Waals surface area contributed by atoms with E-state index in [9.17, 15) is 4.79 Å². The molecule has 2 N–H and O–H groups in total. The number of carbonyl (C=O) groups is 1. The van der Waals surface area contributed by atoms with Crippen LogP contribution in [0.2, 0.25) is 0 Å². The molecule has 2 rings (SSSR count). The van der Waals surface area contributed by atoms with E-state index in [1.54, 1.807) is 0 Å². The quantitative estimate of drug-likeness (QED) is 0.548. The van der Waals surface area contributed by atoms with Crippen molar-refractivity contribution in [3.63, 3.8) is 0 Å². The van der Waals surface area contributed by atoms with Crippen molar-refractivity contribution < 1.29 is 9.53 Å². The fraction of sp³-hybridized carbons (Fsp3) is 0.875. The largest absolute Gasteiger partial charge is 0.469 e. The highest BCUT2D eigenvalue weighted by Crippen LogP contribution is 2.54. The van der Waals surface area contributed by atoms with Crippen LogP contribution in [-0.2, 0) is 9.53 Å². The van der Waals surface area contributed by atoms with E-state index >= 15 is 0 Å². The predicted molar refractivity (Wildman–Crippen MR) is 39.7 cm³/mol. The molecule has 0 aromatic heterocycles. The van der Waals surface area contributed by atoms with Crippen molar-refractivity contribution in [3.8, 4) is 0 Å². The van der Waals surface area contributed by atoms with Gasteiger partial charge in [-0.1, -0.05) is 0 Å². The number of methoxy groups -OCH3 is 1. The second kappa shape index (κ2) is 2.21. The lowest BCUT2D eigenvalue weighted by atomic mass is 10.0. The topological polar surface area (TPSA) is 52.3 Å². The highest BCUT2D eigenvalue weighted by atomic mass is 16.5. The molecule has 2 aliphatic carbocycles. The number of carbonyl (C=O) groups excluding carboxylic acids is 1. The number of esters is 1. The Morgan fingerprint density at radius 2 is 2.18 bits per heavy atom. The van der Waals surface area contributed by atoms with E-state index in [-0.39, 0.29) is 17.9 Å². The number of rotatable bonds is 1. The monoisotopic (exact) mass is 155 g/mol. The van der Waals surface area contributed by atoms with E-state index < -0.39 is 0 Å². The third kappa shape index (κ3) is 0.948. The van der Waals surface area contributed by atoms with Crippen LogP contribution in [0.5, 0.6) is 0 Å². The molecule has 0 spiro atoms. The maximum Gasteiger partial charge on any atom is 0.309 e. The Labute approximate surface area is 65.9 Å². The third-order valence-electron chi connectivity index (χ3n) is 2.99. The molecule has 0 unspecified atom stereocenters. The van der Waals surface area contributed by atoms with Crippen molar-refractivity contribution in [2.45, 2.75) is 18.9 Å². The van der Waals surface area contributed by atoms with Crippen LogP contribution in [-0.4, -0.2) is 19.1 Å². The lowest BCUT2D eigenvalue weighted by molar-refractivity contribution is -0.145. The van der Waals surface area contributed by atoms with Gasteiger partial charge in [-0.2, -0.15) is 0 Å². The van der Waals surface area contributed by atoms with Crippen LogP contribution in [0.3, 0.4) is 0 Å². The van der Waals surface area contributed by atoms with Crippen molar-refractivity contribution in [1.29, 1.82) is 0 Å². The SMILES string of the molecule is COC(=O)[C@@H]1C[C@H](N)[C@@H]2C[C@@H]21. The molecule has 2 saturated carbocycles. The van der Waals surface area contributed by atoms with Crippen LogP contribution >= 0.6 is 0 Å². The fourth-order valence-electron chi connectivity index (χ4n) is 2.26. The van der Waals surface area contributed by atoms with E-state index in [0.29, 0.717) is 11.8 Å². The molecule has 2 aliphatic rings. The molecule has 0 aliphatic heterocycles. The second-order valence-electron chi connectivity index (χ2n) is 3.59. The first kappa shape index (κ1) is 7.10. The van der Waals surface area contributed by atoms with E-state index in [0.717, 1.165) is 12.8 Å². The maximum atomic E-state index is 11.1. The molecule has 0 radical (unpaired) electrons. The van der Waals surface area contributed by atoms with Crippen LogP contribution in [0.15, 0.2) is 0 Å². The Hall–Kier alpha value is -0.570. The average molecular weight is 155 g/mol. The summed E-state index contributed by atoms with van der Waals surface area (Å²) in [7, 11) is 1.45. The standard InChI is InChI=1S/C8H13NO2/c1-11-8(10)6-3-7(9)5-2-4(5)6/h4-7H,2-3,9H2,1H3/t4-,5+,6+,7-/m0/s1. The highest BCUT2D eigenvalue weighted by Gasteiger charge is 2.55. The third-order valence-corrected chi connectivity index (χ3v) is 2.99. The van der Waals surface area contributed by atoms with Gasteiger partial charge in [0.15, 0.2) is 0 Å². The Bertz CT molecular complexity index is 193. The zero-order valence-corrected chi connectivity index (χ0v) is 6.62. The highest BCUT2D eigenvalue weighted by molar-refractivity contribution is 5.74. The van der Waals surface area contributed by atoms with Crippen LogP contribution in [0, 0.1) is 17.8 Å². The van der Waals surface area contributed by atoms with E-state index in [4.69, 9.17) is 5.73 Å². The Balaban J connectivity index is 2.02. The zero-order valence-electron chi connectivity index (χ0n) is 6.62. The van der Waals surface area contributed by atoms with Crippen molar-refractivity contribution in [2.24, 2.45) is 23.5 Å². The summed E-state index contributed by atoms with van der Waals surface area (Å²) in [5.74, 6) is 1.22. The molecule has 0 saturated heterocycles. The smallest absolute Gasteiger partial charge is 0.309 e. The van der Waals surface area contributed by atoms with Gasteiger partial charge in [-0.3, -0.25) is 4.79 Å². The number of hydrogen-bond donors (Lipinski definition) is 1. The van der Waals surface area contributed by atoms with Gasteiger partial charge in [-0.05, 0) is 24.7 Å². The van der Waals surface area contributed by atoms with Gasteiger partial charge < -0.3 is 10.5 Å². The summed E-state index contributed by atoms with van der Waals surface area (Å²) >= 11 is 0. The molecule has 0 amide bonds. The minimum Gasteiger partial charge on any atom is -0.469 e. The number of nitrogens with two attached hydrogens (primary N) is 1. The Morgan fingerprint density at radius 3 is 2.55 bits per heavy atom. The van der Waals surface area contributed by atoms with Gasteiger partial charge in [0.05, 0.1) is 13.0 Å². The van der Waals surface area contributed by atoms with E-state index in [1.165, 1.54) is 7.11 Å². The van der Waals surface area contributed by atoms with Crippen molar-refractivity contribution in [3.05, 3.63) is 0 Å². The Morgan fingerprint density at radius 1 is 1.45 bits per heavy atom. The molecule has 11 heavy (non-hydrogen) atoms. The summed E-state index contributed by atoms with van der Waals surface area (Å²) in [6, 6.07) is 0.254. The van der Waals surface area contributed by atoms with E-state index in [2.05, 4.69) is 4.74 Å². The first-order valence-corrected chi connectivity index (χ1v) is 4.07. The summed E-state index contributed by atoms with van der Waals surface area (Å²) < 4.78 is 4.69. The van der Waals surface area contributed by atoms with Crippen LogP contribution in [0.25, 0.3) is 0 Å². The molecular weight excluding hydrogens is 142 g/mol. The first-order chi connectivity index (χ1) is 5.24. The zero-order chi connectivity index (χ0) is 8.01. The molecule has 0 aromatic carbocycles. The molecule has 2 fully saturated rings. The molecule has 3 heteroatoms. The molecule has 3 nitrogen and oxygen atoms in total. The molecule has 4 atom stereocenters. The molecule has 0 bridgehead atoms. The molecule has 0 aromatic rings. The first-order valence-electron chi connectivity index (χ1n) is 4.07. The summed E-state index contributed by atoms with van der Waals surface area (Å²) in [4.78, 5) is 11.1. The van der Waals surface area contributed by atoms with Gasteiger partial charge in [0.2, 0.25) is 0 Å². The maximum absolute atomic E-state index is 11.1. The average Bonchev–Trinajstić information content (AvgIpc) is 2.72. The number of ether oxygens (including phenoxy) is 1. The lowest BCUT2D eigenvalue weighted by Gasteiger charge is -2.09. The fourth-order valence-corrected chi connectivity index (χ4v) is 2.26. The minimum absolute atomic E-state index is 0.0644. The summed E-state index contributed by atoms with van der Waals surface area (Å²) in [6.45, 7) is 0. The van der Waals surface area contributed by atoms with Crippen LogP contribution in [0.4, 0.5) is 0 Å². The van der Waals surface area contributed by atoms with Crippen LogP contribution in [0.1, 0.15) is 12.8 Å². The Kier molecular flexibility index (Phi) is 1.42. The molecule has 62 valence electrons. The van der Waals surface area contributed by atoms with Gasteiger partial charge >= 0.3 is 5.97 Å². The molecular formula is C8H13NO2. The van der Waals surface area contributed by atoms with E-state index in [1.807, 2.05) is 0 Å². The van der Waals surface area contributed by atoms with Gasteiger partial charge in [-0.15, -0.1) is 0 Å². The number of hydrogen-bond acceptors (Lipinski definition) is 3.